The van der Waals surface area contributed by atoms with E-state index >= 15 is 0 Å². The van der Waals surface area contributed by atoms with Gasteiger partial charge < -0.3 is 14.2 Å². The van der Waals surface area contributed by atoms with E-state index in [-0.39, 0.29) is 18.2 Å². The molecule has 1 fully saturated rings. The summed E-state index contributed by atoms with van der Waals surface area (Å²) in [7, 11) is 1.64. The van der Waals surface area contributed by atoms with Gasteiger partial charge in [0.1, 0.15) is 11.9 Å². The van der Waals surface area contributed by atoms with Crippen molar-refractivity contribution in [2.75, 3.05) is 7.11 Å². The second-order valence-electron chi connectivity index (χ2n) is 6.28. The molecule has 1 aliphatic rings. The van der Waals surface area contributed by atoms with Crippen molar-refractivity contribution < 1.29 is 19.0 Å². The van der Waals surface area contributed by atoms with Crippen LogP contribution in [0.15, 0.2) is 42.5 Å². The van der Waals surface area contributed by atoms with Crippen LogP contribution in [0.1, 0.15) is 31.1 Å². The molecule has 0 aliphatic carbocycles. The summed E-state index contributed by atoms with van der Waals surface area (Å²) in [6.07, 6.45) is -0.932. The van der Waals surface area contributed by atoms with Gasteiger partial charge in [0.15, 0.2) is 6.10 Å². The van der Waals surface area contributed by atoms with Gasteiger partial charge in [-0.3, -0.25) is 0 Å². The van der Waals surface area contributed by atoms with Crippen LogP contribution in [0.2, 0.25) is 0 Å². The van der Waals surface area contributed by atoms with E-state index in [1.807, 2.05) is 32.0 Å². The summed E-state index contributed by atoms with van der Waals surface area (Å²) in [6, 6.07) is 14.1. The first-order chi connectivity index (χ1) is 11.5. The number of carbonyl (C=O) groups is 1. The van der Waals surface area contributed by atoms with E-state index in [9.17, 15) is 4.79 Å². The molecule has 0 amide bonds. The molecular formula is C20H22O4. The minimum Gasteiger partial charge on any atom is -0.497 e. The topological polar surface area (TPSA) is 48.1 Å². The molecule has 24 heavy (non-hydrogen) atoms. The summed E-state index contributed by atoms with van der Waals surface area (Å²) in [5.74, 6) is 0.469. The van der Waals surface area contributed by atoms with Crippen molar-refractivity contribution in [2.24, 2.45) is 0 Å². The number of rotatable bonds is 5. The third kappa shape index (κ3) is 3.44. The van der Waals surface area contributed by atoms with Crippen LogP contribution in [0.5, 0.6) is 5.75 Å². The fourth-order valence-electron chi connectivity index (χ4n) is 2.72. The third-order valence-corrected chi connectivity index (χ3v) is 4.01. The summed E-state index contributed by atoms with van der Waals surface area (Å²) in [4.78, 5) is 12.0. The van der Waals surface area contributed by atoms with Crippen molar-refractivity contribution in [3.05, 3.63) is 53.6 Å². The Morgan fingerprint density at radius 2 is 1.83 bits per heavy atom. The van der Waals surface area contributed by atoms with Crippen LogP contribution in [0, 0.1) is 6.92 Å². The van der Waals surface area contributed by atoms with E-state index in [1.165, 1.54) is 5.56 Å². The molecule has 2 atom stereocenters. The van der Waals surface area contributed by atoms with Crippen LogP contribution < -0.4 is 4.74 Å². The summed E-state index contributed by atoms with van der Waals surface area (Å²) >= 11 is 0. The zero-order valence-electron chi connectivity index (χ0n) is 14.4. The number of aryl methyl sites for hydroxylation is 1. The Bertz CT molecular complexity index is 734. The zero-order valence-corrected chi connectivity index (χ0v) is 14.4. The van der Waals surface area contributed by atoms with Gasteiger partial charge in [0.05, 0.1) is 13.2 Å². The number of esters is 1. The van der Waals surface area contributed by atoms with Gasteiger partial charge in [-0.05, 0) is 49.6 Å². The predicted octanol–water partition coefficient (Wildman–Crippen LogP) is 4.06. The molecule has 1 saturated heterocycles. The molecule has 0 spiro atoms. The van der Waals surface area contributed by atoms with Crippen LogP contribution in [0.25, 0.3) is 11.1 Å². The molecule has 0 aromatic heterocycles. The number of ether oxygens (including phenoxy) is 3. The monoisotopic (exact) mass is 326 g/mol. The first-order valence-corrected chi connectivity index (χ1v) is 8.10. The lowest BCUT2D eigenvalue weighted by molar-refractivity contribution is -0.148. The SMILES string of the molecule is COc1ccc(C2OC2C(=O)OC(C)C)c(-c2ccc(C)cc2)c1. The Morgan fingerprint density at radius 1 is 1.12 bits per heavy atom. The normalized spacial score (nSPS) is 19.2. The van der Waals surface area contributed by atoms with Crippen molar-refractivity contribution in [2.45, 2.75) is 39.1 Å². The van der Waals surface area contributed by atoms with Crippen molar-refractivity contribution in [3.8, 4) is 16.9 Å². The maximum atomic E-state index is 12.0. The van der Waals surface area contributed by atoms with E-state index in [1.54, 1.807) is 7.11 Å². The first kappa shape index (κ1) is 16.5. The molecule has 4 heteroatoms. The lowest BCUT2D eigenvalue weighted by Gasteiger charge is -2.11. The summed E-state index contributed by atoms with van der Waals surface area (Å²) in [5, 5.41) is 0. The smallest absolute Gasteiger partial charge is 0.338 e. The van der Waals surface area contributed by atoms with Crippen molar-refractivity contribution in [1.82, 2.24) is 0 Å². The van der Waals surface area contributed by atoms with Crippen LogP contribution in [-0.4, -0.2) is 25.3 Å². The second kappa shape index (κ2) is 6.65. The second-order valence-corrected chi connectivity index (χ2v) is 6.28. The van der Waals surface area contributed by atoms with E-state index in [2.05, 4.69) is 31.2 Å². The molecule has 3 rings (SSSR count). The van der Waals surface area contributed by atoms with Crippen LogP contribution in [0.4, 0.5) is 0 Å². The number of hydrogen-bond acceptors (Lipinski definition) is 4. The molecule has 2 unspecified atom stereocenters. The Hall–Kier alpha value is -2.33. The molecule has 1 heterocycles. The Kier molecular flexibility index (Phi) is 4.58. The van der Waals surface area contributed by atoms with Crippen molar-refractivity contribution in [1.29, 1.82) is 0 Å². The van der Waals surface area contributed by atoms with Gasteiger partial charge in [-0.15, -0.1) is 0 Å². The third-order valence-electron chi connectivity index (χ3n) is 4.01. The largest absolute Gasteiger partial charge is 0.497 e. The first-order valence-electron chi connectivity index (χ1n) is 8.10. The highest BCUT2D eigenvalue weighted by Crippen LogP contribution is 2.45. The van der Waals surface area contributed by atoms with Crippen molar-refractivity contribution >= 4 is 5.97 Å². The Labute approximate surface area is 142 Å². The molecule has 2 aromatic carbocycles. The number of epoxide rings is 1. The van der Waals surface area contributed by atoms with Gasteiger partial charge >= 0.3 is 5.97 Å². The van der Waals surface area contributed by atoms with Crippen molar-refractivity contribution in [3.63, 3.8) is 0 Å². The maximum absolute atomic E-state index is 12.0. The summed E-state index contributed by atoms with van der Waals surface area (Å²) in [5.41, 5.74) is 4.26. The fourth-order valence-corrected chi connectivity index (χ4v) is 2.72. The average Bonchev–Trinajstić information content (AvgIpc) is 3.35. The molecule has 0 radical (unpaired) electrons. The molecule has 126 valence electrons. The number of hydrogen-bond donors (Lipinski definition) is 0. The lowest BCUT2D eigenvalue weighted by atomic mass is 9.95. The van der Waals surface area contributed by atoms with E-state index in [0.717, 1.165) is 22.4 Å². The van der Waals surface area contributed by atoms with Gasteiger partial charge in [0, 0.05) is 0 Å². The van der Waals surface area contributed by atoms with E-state index < -0.39 is 6.10 Å². The highest BCUT2D eigenvalue weighted by molar-refractivity contribution is 5.80. The Balaban J connectivity index is 1.91. The molecule has 0 saturated carbocycles. The number of methoxy groups -OCH3 is 1. The van der Waals surface area contributed by atoms with Crippen LogP contribution in [-0.2, 0) is 14.3 Å². The minimum atomic E-state index is -0.523. The lowest BCUT2D eigenvalue weighted by Crippen LogP contribution is -2.17. The fraction of sp³-hybridized carbons (Fsp3) is 0.350. The van der Waals surface area contributed by atoms with Gasteiger partial charge in [0.25, 0.3) is 0 Å². The minimum absolute atomic E-state index is 0.144. The molecule has 0 bridgehead atoms. The molecule has 4 nitrogen and oxygen atoms in total. The standard InChI is InChI=1S/C20H22O4/c1-12(2)23-20(21)19-18(24-19)16-10-9-15(22-4)11-17(16)14-7-5-13(3)6-8-14/h5-12,18-19H,1-4H3. The van der Waals surface area contributed by atoms with Crippen LogP contribution >= 0.6 is 0 Å². The summed E-state index contributed by atoms with van der Waals surface area (Å²) in [6.45, 7) is 5.72. The molecular weight excluding hydrogens is 304 g/mol. The highest BCUT2D eigenvalue weighted by Gasteiger charge is 2.48. The Morgan fingerprint density at radius 3 is 2.46 bits per heavy atom. The average molecular weight is 326 g/mol. The molecule has 1 aliphatic heterocycles. The zero-order chi connectivity index (χ0) is 17.3. The van der Waals surface area contributed by atoms with Gasteiger partial charge in [-0.25, -0.2) is 4.79 Å². The summed E-state index contributed by atoms with van der Waals surface area (Å²) < 4.78 is 16.2. The van der Waals surface area contributed by atoms with Gasteiger partial charge in [-0.2, -0.15) is 0 Å². The predicted molar refractivity (Wildman–Crippen MR) is 92.0 cm³/mol. The van der Waals surface area contributed by atoms with Crippen LogP contribution in [0.3, 0.4) is 0 Å². The van der Waals surface area contributed by atoms with E-state index in [0.29, 0.717) is 0 Å². The van der Waals surface area contributed by atoms with Gasteiger partial charge in [0.2, 0.25) is 0 Å². The van der Waals surface area contributed by atoms with E-state index in [4.69, 9.17) is 14.2 Å². The number of benzene rings is 2. The quantitative estimate of drug-likeness (QED) is 0.614. The molecule has 2 aromatic rings. The highest BCUT2D eigenvalue weighted by atomic mass is 16.6. The van der Waals surface area contributed by atoms with Gasteiger partial charge in [-0.1, -0.05) is 35.9 Å². The number of carbonyl (C=O) groups excluding carboxylic acids is 1. The maximum Gasteiger partial charge on any atom is 0.338 e. The molecule has 0 N–H and O–H groups in total.